The molecular weight excluding hydrogens is 270 g/mol. The molecule has 7 nitrogen and oxygen atoms in total. The molecule has 1 N–H and O–H groups in total. The predicted octanol–water partition coefficient (Wildman–Crippen LogP) is 0.489. The van der Waals surface area contributed by atoms with Crippen LogP contribution in [0.1, 0.15) is 22.8 Å². The molecule has 19 heavy (non-hydrogen) atoms. The standard InChI is InChI=1S/C11H11N3O4S/c15-11(16)7-1-2-9-10(5-7)14(13-12-9)8-3-4-19(17,18)6-8/h1-2,5,8H,3-4,6H2,(H,15,16). The zero-order chi connectivity index (χ0) is 13.6. The fourth-order valence-electron chi connectivity index (χ4n) is 2.31. The molecule has 1 atom stereocenters. The van der Waals surface area contributed by atoms with E-state index in [2.05, 4.69) is 10.3 Å². The zero-order valence-corrected chi connectivity index (χ0v) is 10.7. The molecule has 0 amide bonds. The van der Waals surface area contributed by atoms with Crippen LogP contribution in [0.5, 0.6) is 0 Å². The summed E-state index contributed by atoms with van der Waals surface area (Å²) in [5.41, 5.74) is 1.26. The number of hydrogen-bond donors (Lipinski definition) is 1. The second-order valence-electron chi connectivity index (χ2n) is 4.60. The second-order valence-corrected chi connectivity index (χ2v) is 6.83. The minimum atomic E-state index is -3.02. The van der Waals surface area contributed by atoms with E-state index in [1.54, 1.807) is 6.07 Å². The Morgan fingerprint density at radius 3 is 2.84 bits per heavy atom. The number of carboxylic acid groups (broad SMARTS) is 1. The van der Waals surface area contributed by atoms with Crippen molar-refractivity contribution in [1.82, 2.24) is 15.0 Å². The second kappa shape index (κ2) is 4.02. The average molecular weight is 281 g/mol. The Kier molecular flexibility index (Phi) is 2.56. The third kappa shape index (κ3) is 2.07. The van der Waals surface area contributed by atoms with Gasteiger partial charge < -0.3 is 5.11 Å². The minimum Gasteiger partial charge on any atom is -0.478 e. The van der Waals surface area contributed by atoms with E-state index >= 15 is 0 Å². The number of carbonyl (C=O) groups is 1. The van der Waals surface area contributed by atoms with Crippen molar-refractivity contribution in [2.75, 3.05) is 11.5 Å². The van der Waals surface area contributed by atoms with Gasteiger partial charge in [-0.2, -0.15) is 0 Å². The maximum absolute atomic E-state index is 11.5. The highest BCUT2D eigenvalue weighted by Gasteiger charge is 2.31. The third-order valence-corrected chi connectivity index (χ3v) is 5.02. The maximum Gasteiger partial charge on any atom is 0.335 e. The summed E-state index contributed by atoms with van der Waals surface area (Å²) in [7, 11) is -3.02. The summed E-state index contributed by atoms with van der Waals surface area (Å²) in [5, 5.41) is 16.9. The SMILES string of the molecule is O=C(O)c1ccc2nnn(C3CCS(=O)(=O)C3)c2c1. The fraction of sp³-hybridized carbons (Fsp3) is 0.364. The van der Waals surface area contributed by atoms with Crippen molar-refractivity contribution in [3.05, 3.63) is 23.8 Å². The Labute approximate surface area is 108 Å². The molecule has 100 valence electrons. The van der Waals surface area contributed by atoms with Crippen LogP contribution in [0.2, 0.25) is 0 Å². The molecular formula is C11H11N3O4S. The normalized spacial score (nSPS) is 21.8. The van der Waals surface area contributed by atoms with E-state index in [9.17, 15) is 13.2 Å². The van der Waals surface area contributed by atoms with Crippen LogP contribution < -0.4 is 0 Å². The lowest BCUT2D eigenvalue weighted by Crippen LogP contribution is -2.12. The smallest absolute Gasteiger partial charge is 0.335 e. The first-order valence-corrected chi connectivity index (χ1v) is 7.57. The molecule has 1 fully saturated rings. The monoisotopic (exact) mass is 281 g/mol. The summed E-state index contributed by atoms with van der Waals surface area (Å²) in [5.74, 6) is -0.867. The lowest BCUT2D eigenvalue weighted by atomic mass is 10.2. The highest BCUT2D eigenvalue weighted by Crippen LogP contribution is 2.26. The van der Waals surface area contributed by atoms with Crippen molar-refractivity contribution in [1.29, 1.82) is 0 Å². The molecule has 1 saturated heterocycles. The van der Waals surface area contributed by atoms with Crippen LogP contribution in [0.15, 0.2) is 18.2 Å². The van der Waals surface area contributed by atoms with Crippen molar-refractivity contribution in [3.63, 3.8) is 0 Å². The average Bonchev–Trinajstić information content (AvgIpc) is 2.91. The van der Waals surface area contributed by atoms with Crippen LogP contribution in [0, 0.1) is 0 Å². The molecule has 2 heterocycles. The van der Waals surface area contributed by atoms with Crippen LogP contribution in [0.4, 0.5) is 0 Å². The van der Waals surface area contributed by atoms with E-state index in [1.807, 2.05) is 0 Å². The van der Waals surface area contributed by atoms with Crippen LogP contribution in [0.3, 0.4) is 0 Å². The quantitative estimate of drug-likeness (QED) is 0.859. The molecule has 1 aliphatic heterocycles. The van der Waals surface area contributed by atoms with Crippen molar-refractivity contribution in [2.45, 2.75) is 12.5 Å². The number of nitrogens with zero attached hydrogens (tertiary/aromatic N) is 3. The summed E-state index contributed by atoms with van der Waals surface area (Å²) in [6.07, 6.45) is 0.484. The first kappa shape index (κ1) is 12.1. The molecule has 0 aliphatic carbocycles. The highest BCUT2D eigenvalue weighted by molar-refractivity contribution is 7.91. The molecule has 0 radical (unpaired) electrons. The molecule has 8 heteroatoms. The van der Waals surface area contributed by atoms with E-state index in [-0.39, 0.29) is 23.1 Å². The van der Waals surface area contributed by atoms with Crippen LogP contribution in [0.25, 0.3) is 11.0 Å². The number of benzene rings is 1. The van der Waals surface area contributed by atoms with Gasteiger partial charge in [0.05, 0.1) is 28.6 Å². The van der Waals surface area contributed by atoms with Gasteiger partial charge in [0.2, 0.25) is 0 Å². The van der Waals surface area contributed by atoms with Gasteiger partial charge in [0.25, 0.3) is 0 Å². The molecule has 2 aromatic rings. The zero-order valence-electron chi connectivity index (χ0n) is 9.85. The van der Waals surface area contributed by atoms with E-state index in [0.717, 1.165) is 0 Å². The molecule has 3 rings (SSSR count). The largest absolute Gasteiger partial charge is 0.478 e. The molecule has 1 aromatic heterocycles. The summed E-state index contributed by atoms with van der Waals surface area (Å²) >= 11 is 0. The highest BCUT2D eigenvalue weighted by atomic mass is 32.2. The predicted molar refractivity (Wildman–Crippen MR) is 66.8 cm³/mol. The number of hydrogen-bond acceptors (Lipinski definition) is 5. The Bertz CT molecular complexity index is 765. The molecule has 0 bridgehead atoms. The van der Waals surface area contributed by atoms with Crippen molar-refractivity contribution in [2.24, 2.45) is 0 Å². The van der Waals surface area contributed by atoms with Gasteiger partial charge >= 0.3 is 5.97 Å². The van der Waals surface area contributed by atoms with E-state index in [4.69, 9.17) is 5.11 Å². The van der Waals surface area contributed by atoms with Gasteiger partial charge in [0, 0.05) is 0 Å². The van der Waals surface area contributed by atoms with E-state index in [0.29, 0.717) is 17.5 Å². The third-order valence-electron chi connectivity index (χ3n) is 3.27. The lowest BCUT2D eigenvalue weighted by Gasteiger charge is -2.08. The van der Waals surface area contributed by atoms with Crippen molar-refractivity contribution < 1.29 is 18.3 Å². The minimum absolute atomic E-state index is 0.0305. The van der Waals surface area contributed by atoms with Gasteiger partial charge in [0.1, 0.15) is 5.52 Å². The summed E-state index contributed by atoms with van der Waals surface area (Å²) in [6.45, 7) is 0. The maximum atomic E-state index is 11.5. The number of aromatic nitrogens is 3. The molecule has 0 saturated carbocycles. The number of aromatic carboxylic acids is 1. The molecule has 1 unspecified atom stereocenters. The summed E-state index contributed by atoms with van der Waals surface area (Å²) in [4.78, 5) is 11.0. The number of rotatable bonds is 2. The topological polar surface area (TPSA) is 102 Å². The summed E-state index contributed by atoms with van der Waals surface area (Å²) < 4.78 is 24.5. The van der Waals surface area contributed by atoms with Gasteiger partial charge in [-0.3, -0.25) is 0 Å². The lowest BCUT2D eigenvalue weighted by molar-refractivity contribution is 0.0697. The Balaban J connectivity index is 2.09. The van der Waals surface area contributed by atoms with Gasteiger partial charge in [0.15, 0.2) is 9.84 Å². The summed E-state index contributed by atoms with van der Waals surface area (Å²) in [6, 6.07) is 4.24. The number of sulfone groups is 1. The molecule has 1 aromatic carbocycles. The fourth-order valence-corrected chi connectivity index (χ4v) is 4.00. The Morgan fingerprint density at radius 1 is 1.42 bits per heavy atom. The van der Waals surface area contributed by atoms with Gasteiger partial charge in [-0.25, -0.2) is 17.9 Å². The van der Waals surface area contributed by atoms with Crippen LogP contribution in [-0.4, -0.2) is 46.0 Å². The van der Waals surface area contributed by atoms with Crippen molar-refractivity contribution in [3.8, 4) is 0 Å². The van der Waals surface area contributed by atoms with Gasteiger partial charge in [-0.15, -0.1) is 5.10 Å². The van der Waals surface area contributed by atoms with Crippen LogP contribution in [-0.2, 0) is 9.84 Å². The number of carboxylic acids is 1. The van der Waals surface area contributed by atoms with E-state index < -0.39 is 15.8 Å². The Morgan fingerprint density at radius 2 is 2.21 bits per heavy atom. The first-order chi connectivity index (χ1) is 8.96. The van der Waals surface area contributed by atoms with Gasteiger partial charge in [-0.1, -0.05) is 5.21 Å². The number of fused-ring (bicyclic) bond motifs is 1. The van der Waals surface area contributed by atoms with Crippen molar-refractivity contribution >= 4 is 26.8 Å². The first-order valence-electron chi connectivity index (χ1n) is 5.75. The van der Waals surface area contributed by atoms with Gasteiger partial charge in [-0.05, 0) is 24.6 Å². The van der Waals surface area contributed by atoms with E-state index in [1.165, 1.54) is 16.8 Å². The van der Waals surface area contributed by atoms with Crippen LogP contribution >= 0.6 is 0 Å². The molecule has 1 aliphatic rings. The molecule has 0 spiro atoms. The Hall–Kier alpha value is -1.96.